The number of rotatable bonds is 4. The molecule has 1 aliphatic heterocycles. The zero-order chi connectivity index (χ0) is 27.4. The topological polar surface area (TPSA) is 102 Å². The number of pyridine rings is 1. The van der Waals surface area contributed by atoms with Crippen molar-refractivity contribution in [3.05, 3.63) is 79.8 Å². The number of nitriles is 1. The van der Waals surface area contributed by atoms with Crippen LogP contribution in [0.4, 0.5) is 19.0 Å². The van der Waals surface area contributed by atoms with E-state index in [1.807, 2.05) is 0 Å². The standard InChI is InChI=1S/C27H28F3N5O3/c1-17-19-10-8-11-21(22(19)28)27(29,30)16-38-14-7-6-13-35-24-20(23(32-17)33-26(35)37)15-18(25(36)34(24)2)9-4-3-5-12-31/h6-8,10-11,15,17H,3-5,9,13-14,16H2,1-2H3,(H,32,33,37)/b7-6-/t17-/m1/s1. The zero-order valence-electron chi connectivity index (χ0n) is 21.1. The second kappa shape index (κ2) is 11.2. The number of hydrogen-bond acceptors (Lipinski definition) is 6. The SMILES string of the molecule is C[C@H]1Nc2nc(=O)n(c3c2cc(CCCCC#N)c(=O)n3C)C/C=C\COCC(F)(F)c2cccc1c2F. The Morgan fingerprint density at radius 3 is 2.82 bits per heavy atom. The largest absolute Gasteiger partial charge is 0.371 e. The average molecular weight is 528 g/mol. The second-order valence-electron chi connectivity index (χ2n) is 9.26. The summed E-state index contributed by atoms with van der Waals surface area (Å²) >= 11 is 0. The molecule has 3 heterocycles. The molecule has 1 atom stereocenters. The molecule has 0 saturated carbocycles. The molecule has 0 fully saturated rings. The normalized spacial score (nSPS) is 18.2. The van der Waals surface area contributed by atoms with Gasteiger partial charge in [0.15, 0.2) is 0 Å². The van der Waals surface area contributed by atoms with Crippen LogP contribution < -0.4 is 16.6 Å². The Balaban J connectivity index is 1.91. The minimum absolute atomic E-state index is 0.0282. The quantitative estimate of drug-likeness (QED) is 0.401. The van der Waals surface area contributed by atoms with Gasteiger partial charge in [0.25, 0.3) is 11.5 Å². The highest BCUT2D eigenvalue weighted by Gasteiger charge is 2.36. The Bertz CT molecular complexity index is 1540. The summed E-state index contributed by atoms with van der Waals surface area (Å²) in [6.45, 7) is 0.412. The Labute approximate surface area is 217 Å². The number of aromatic nitrogens is 3. The molecule has 2 aromatic heterocycles. The van der Waals surface area contributed by atoms with Gasteiger partial charge >= 0.3 is 5.69 Å². The summed E-state index contributed by atoms with van der Waals surface area (Å²) in [6.07, 6.45) is 5.08. The molecule has 0 spiro atoms. The number of alkyl halides is 2. The van der Waals surface area contributed by atoms with Gasteiger partial charge < -0.3 is 10.1 Å². The second-order valence-corrected chi connectivity index (χ2v) is 9.26. The van der Waals surface area contributed by atoms with Crippen LogP contribution in [-0.2, 0) is 30.7 Å². The van der Waals surface area contributed by atoms with Gasteiger partial charge in [-0.3, -0.25) is 13.9 Å². The first-order valence-electron chi connectivity index (χ1n) is 12.3. The predicted molar refractivity (Wildman–Crippen MR) is 137 cm³/mol. The molecule has 3 aromatic rings. The monoisotopic (exact) mass is 527 g/mol. The molecule has 0 amide bonds. The number of halogens is 3. The van der Waals surface area contributed by atoms with Gasteiger partial charge in [0.05, 0.1) is 29.7 Å². The summed E-state index contributed by atoms with van der Waals surface area (Å²) in [4.78, 5) is 30.4. The highest BCUT2D eigenvalue weighted by atomic mass is 19.3. The van der Waals surface area contributed by atoms with Crippen molar-refractivity contribution >= 4 is 16.9 Å². The molecule has 0 saturated heterocycles. The van der Waals surface area contributed by atoms with E-state index in [9.17, 15) is 18.4 Å². The smallest absolute Gasteiger partial charge is 0.351 e. The fraction of sp³-hybridized carbons (Fsp3) is 0.407. The highest BCUT2D eigenvalue weighted by molar-refractivity contribution is 5.87. The van der Waals surface area contributed by atoms with Crippen molar-refractivity contribution in [3.8, 4) is 6.07 Å². The van der Waals surface area contributed by atoms with Crippen molar-refractivity contribution in [2.24, 2.45) is 7.05 Å². The van der Waals surface area contributed by atoms with E-state index in [0.29, 0.717) is 42.3 Å². The first kappa shape index (κ1) is 27.1. The van der Waals surface area contributed by atoms with Crippen LogP contribution in [-0.4, -0.2) is 27.3 Å². The summed E-state index contributed by atoms with van der Waals surface area (Å²) in [6, 6.07) is 6.64. The van der Waals surface area contributed by atoms with Crippen LogP contribution >= 0.6 is 0 Å². The molecule has 1 N–H and O–H groups in total. The van der Waals surface area contributed by atoms with Crippen molar-refractivity contribution in [1.29, 1.82) is 5.26 Å². The summed E-state index contributed by atoms with van der Waals surface area (Å²) < 4.78 is 52.7. The number of hydrogen-bond donors (Lipinski definition) is 1. The molecule has 8 nitrogen and oxygen atoms in total. The third-order valence-electron chi connectivity index (χ3n) is 6.58. The molecule has 1 aliphatic rings. The maximum Gasteiger partial charge on any atom is 0.351 e. The molecule has 200 valence electrons. The van der Waals surface area contributed by atoms with Crippen LogP contribution in [0, 0.1) is 17.1 Å². The molecule has 0 aliphatic carbocycles. The van der Waals surface area contributed by atoms with Crippen molar-refractivity contribution < 1.29 is 17.9 Å². The van der Waals surface area contributed by atoms with Crippen molar-refractivity contribution in [1.82, 2.24) is 14.1 Å². The number of allylic oxidation sites excluding steroid dienone is 1. The molecule has 38 heavy (non-hydrogen) atoms. The summed E-state index contributed by atoms with van der Waals surface area (Å²) in [5.74, 6) is -4.52. The molecule has 0 unspecified atom stereocenters. The van der Waals surface area contributed by atoms with Gasteiger partial charge in [0, 0.05) is 31.1 Å². The first-order chi connectivity index (χ1) is 18.2. The number of benzene rings is 1. The van der Waals surface area contributed by atoms with E-state index in [2.05, 4.69) is 16.4 Å². The van der Waals surface area contributed by atoms with Crippen LogP contribution in [0.1, 0.15) is 48.9 Å². The lowest BCUT2D eigenvalue weighted by Crippen LogP contribution is -2.31. The Morgan fingerprint density at radius 2 is 2.05 bits per heavy atom. The third kappa shape index (κ3) is 5.36. The molecule has 1 aromatic carbocycles. The lowest BCUT2D eigenvalue weighted by Gasteiger charge is -2.23. The maximum absolute atomic E-state index is 15.3. The number of nitrogens with one attached hydrogen (secondary N) is 1. The summed E-state index contributed by atoms with van der Waals surface area (Å²) in [5, 5.41) is 12.3. The number of anilines is 1. The van der Waals surface area contributed by atoms with Crippen LogP contribution in [0.5, 0.6) is 0 Å². The molecule has 0 radical (unpaired) electrons. The minimum Gasteiger partial charge on any atom is -0.371 e. The van der Waals surface area contributed by atoms with Gasteiger partial charge in [-0.15, -0.1) is 0 Å². The van der Waals surface area contributed by atoms with Gasteiger partial charge in [0.1, 0.15) is 23.9 Å². The highest BCUT2D eigenvalue weighted by Crippen LogP contribution is 2.34. The van der Waals surface area contributed by atoms with E-state index < -0.39 is 35.6 Å². The van der Waals surface area contributed by atoms with E-state index in [1.165, 1.54) is 27.3 Å². The fourth-order valence-electron chi connectivity index (χ4n) is 4.60. The van der Waals surface area contributed by atoms with Crippen LogP contribution in [0.3, 0.4) is 0 Å². The molecular weight excluding hydrogens is 499 g/mol. The Morgan fingerprint density at radius 1 is 1.26 bits per heavy atom. The lowest BCUT2D eigenvalue weighted by atomic mass is 10.00. The average Bonchev–Trinajstić information content (AvgIpc) is 2.87. The zero-order valence-corrected chi connectivity index (χ0v) is 21.1. The van der Waals surface area contributed by atoms with E-state index >= 15 is 4.39 Å². The Hall–Kier alpha value is -3.91. The molecule has 11 heteroatoms. The van der Waals surface area contributed by atoms with E-state index in [4.69, 9.17) is 10.00 Å². The van der Waals surface area contributed by atoms with Crippen LogP contribution in [0.25, 0.3) is 11.0 Å². The summed E-state index contributed by atoms with van der Waals surface area (Å²) in [5.41, 5.74) is -0.946. The van der Waals surface area contributed by atoms with E-state index in [-0.39, 0.29) is 30.1 Å². The molecule has 4 rings (SSSR count). The number of aryl methyl sites for hydroxylation is 2. The van der Waals surface area contributed by atoms with Crippen molar-refractivity contribution in [2.45, 2.75) is 51.1 Å². The number of nitrogens with zero attached hydrogens (tertiary/aromatic N) is 4. The van der Waals surface area contributed by atoms with Gasteiger partial charge in [-0.05, 0) is 38.3 Å². The fourth-order valence-corrected chi connectivity index (χ4v) is 4.60. The number of unbranched alkanes of at least 4 members (excludes halogenated alkanes) is 2. The van der Waals surface area contributed by atoms with Gasteiger partial charge in [0.2, 0.25) is 0 Å². The van der Waals surface area contributed by atoms with Crippen molar-refractivity contribution in [2.75, 3.05) is 18.5 Å². The lowest BCUT2D eigenvalue weighted by molar-refractivity contribution is -0.0795. The molecular formula is C27H28F3N5O3. The van der Waals surface area contributed by atoms with Crippen molar-refractivity contribution in [3.63, 3.8) is 0 Å². The van der Waals surface area contributed by atoms with Gasteiger partial charge in [-0.25, -0.2) is 9.18 Å². The van der Waals surface area contributed by atoms with Gasteiger partial charge in [-0.1, -0.05) is 24.3 Å². The molecule has 4 bridgehead atoms. The van der Waals surface area contributed by atoms with E-state index in [0.717, 1.165) is 6.07 Å². The number of fused-ring (bicyclic) bond motifs is 8. The van der Waals surface area contributed by atoms with Crippen LogP contribution in [0.2, 0.25) is 0 Å². The predicted octanol–water partition coefficient (Wildman–Crippen LogP) is 4.32. The van der Waals surface area contributed by atoms with Crippen LogP contribution in [0.15, 0.2) is 46.0 Å². The van der Waals surface area contributed by atoms with Gasteiger partial charge in [-0.2, -0.15) is 19.0 Å². The first-order valence-corrected chi connectivity index (χ1v) is 12.3. The number of ether oxygens (including phenoxy) is 1. The summed E-state index contributed by atoms with van der Waals surface area (Å²) in [7, 11) is 1.56. The van der Waals surface area contributed by atoms with E-state index in [1.54, 1.807) is 26.1 Å². The maximum atomic E-state index is 15.3. The third-order valence-corrected chi connectivity index (χ3v) is 6.58. The Kier molecular flexibility index (Phi) is 8.02. The minimum atomic E-state index is -3.55.